The van der Waals surface area contributed by atoms with E-state index in [9.17, 15) is 39.6 Å². The minimum Gasteiger partial charge on any atom is -0.475 e. The van der Waals surface area contributed by atoms with E-state index in [0.717, 1.165) is 11.3 Å². The summed E-state index contributed by atoms with van der Waals surface area (Å²) in [5, 5.41) is 16.9. The maximum absolute atomic E-state index is 12.9. The summed E-state index contributed by atoms with van der Waals surface area (Å²) in [6.07, 6.45) is -6.27. The molecule has 1 aliphatic heterocycles. The fourth-order valence-corrected chi connectivity index (χ4v) is 4.54. The third-order valence-corrected chi connectivity index (χ3v) is 6.93. The molecule has 0 aliphatic carbocycles. The fourth-order valence-electron chi connectivity index (χ4n) is 3.13. The average molecular weight is 618 g/mol. The molecule has 1 amide bonds. The van der Waals surface area contributed by atoms with Crippen LogP contribution in [0.25, 0.3) is 0 Å². The monoisotopic (exact) mass is 617 g/mol. The predicted octanol–water partition coefficient (Wildman–Crippen LogP) is 1.96. The van der Waals surface area contributed by atoms with Crippen LogP contribution in [-0.2, 0) is 32.5 Å². The van der Waals surface area contributed by atoms with E-state index < -0.39 is 34.3 Å². The van der Waals surface area contributed by atoms with Crippen molar-refractivity contribution in [3.05, 3.63) is 47.4 Å². The third kappa shape index (κ3) is 10.2. The highest BCUT2D eigenvalue weighted by Gasteiger charge is 2.39. The number of halogens is 6. The molecule has 19 heteroatoms. The molecule has 0 saturated heterocycles. The minimum atomic E-state index is -5.08. The molecule has 0 bridgehead atoms. The quantitative estimate of drug-likeness (QED) is 0.431. The molecule has 12 nitrogen and oxygen atoms in total. The molecule has 0 unspecified atom stereocenters. The minimum absolute atomic E-state index is 0.184. The van der Waals surface area contributed by atoms with Gasteiger partial charge < -0.3 is 20.4 Å². The van der Waals surface area contributed by atoms with Crippen LogP contribution in [0.1, 0.15) is 21.6 Å². The van der Waals surface area contributed by atoms with Gasteiger partial charge in [0, 0.05) is 58.7 Å². The summed E-state index contributed by atoms with van der Waals surface area (Å²) < 4.78 is 90.7. The van der Waals surface area contributed by atoms with Gasteiger partial charge in [-0.25, -0.2) is 23.0 Å². The van der Waals surface area contributed by atoms with Crippen LogP contribution >= 0.6 is 0 Å². The largest absolute Gasteiger partial charge is 0.490 e. The number of carboxylic acid groups (broad SMARTS) is 2. The predicted molar refractivity (Wildman–Crippen MR) is 130 cm³/mol. The normalized spacial score (nSPS) is 13.7. The Bertz CT molecular complexity index is 1310. The van der Waals surface area contributed by atoms with Gasteiger partial charge in [-0.15, -0.1) is 0 Å². The van der Waals surface area contributed by atoms with Crippen molar-refractivity contribution >= 4 is 33.7 Å². The lowest BCUT2D eigenvalue weighted by Gasteiger charge is -2.19. The Morgan fingerprint density at radius 3 is 1.93 bits per heavy atom. The van der Waals surface area contributed by atoms with Crippen molar-refractivity contribution in [2.75, 3.05) is 39.1 Å². The number of carboxylic acids is 2. The second-order valence-electron chi connectivity index (χ2n) is 8.14. The van der Waals surface area contributed by atoms with Crippen LogP contribution in [0.5, 0.6) is 0 Å². The Hall–Kier alpha value is -4.00. The standard InChI is InChI=1S/C18H23N5O3S.2C2HF3O2/c1-19-18(24)15-11-13-6-9-23(10-7-16(13)21-17(15)22(2)3)27(25,26)14-5-4-8-20-12-14;2*3-2(4,5)1(6)7/h4-5,8,11-12H,6-7,9-10H2,1-3H3,(H,19,24);2*(H,6,7). The van der Waals surface area contributed by atoms with Gasteiger partial charge in [0.2, 0.25) is 10.0 Å². The summed E-state index contributed by atoms with van der Waals surface area (Å²) in [5.74, 6) is -5.14. The Labute approximate surface area is 229 Å². The van der Waals surface area contributed by atoms with Crippen LogP contribution in [0.4, 0.5) is 32.2 Å². The highest BCUT2D eigenvalue weighted by Crippen LogP contribution is 2.25. The van der Waals surface area contributed by atoms with E-state index in [4.69, 9.17) is 19.8 Å². The Morgan fingerprint density at radius 2 is 1.51 bits per heavy atom. The number of fused-ring (bicyclic) bond motifs is 1. The van der Waals surface area contributed by atoms with Crippen LogP contribution in [0, 0.1) is 0 Å². The summed E-state index contributed by atoms with van der Waals surface area (Å²) in [6.45, 7) is 0.670. The summed E-state index contributed by atoms with van der Waals surface area (Å²) >= 11 is 0. The number of rotatable bonds is 4. The Kier molecular flexibility index (Phi) is 12.0. The number of amides is 1. The van der Waals surface area contributed by atoms with E-state index in [1.807, 2.05) is 20.2 Å². The van der Waals surface area contributed by atoms with E-state index in [1.54, 1.807) is 30.3 Å². The summed E-state index contributed by atoms with van der Waals surface area (Å²) in [5.41, 5.74) is 2.23. The van der Waals surface area contributed by atoms with Gasteiger partial charge in [-0.1, -0.05) is 0 Å². The number of nitrogens with one attached hydrogen (secondary N) is 1. The zero-order chi connectivity index (χ0) is 31.8. The third-order valence-electron chi connectivity index (χ3n) is 5.05. The molecule has 3 N–H and O–H groups in total. The van der Waals surface area contributed by atoms with Crippen molar-refractivity contribution in [3.63, 3.8) is 0 Å². The molecule has 0 saturated carbocycles. The molecule has 3 heterocycles. The van der Waals surface area contributed by atoms with Crippen molar-refractivity contribution in [3.8, 4) is 0 Å². The molecular weight excluding hydrogens is 592 g/mol. The van der Waals surface area contributed by atoms with Crippen molar-refractivity contribution < 1.29 is 59.4 Å². The maximum Gasteiger partial charge on any atom is 0.490 e. The topological polar surface area (TPSA) is 170 Å². The fraction of sp³-hybridized carbons (Fsp3) is 0.409. The van der Waals surface area contributed by atoms with Gasteiger partial charge in [-0.05, 0) is 30.2 Å². The number of nitrogens with zero attached hydrogens (tertiary/aromatic N) is 4. The number of pyridine rings is 2. The van der Waals surface area contributed by atoms with Gasteiger partial charge in [-0.2, -0.15) is 30.6 Å². The first kappa shape index (κ1) is 35.0. The van der Waals surface area contributed by atoms with Crippen molar-refractivity contribution in [1.82, 2.24) is 19.6 Å². The van der Waals surface area contributed by atoms with Gasteiger partial charge in [0.05, 0.1) is 5.56 Å². The smallest absolute Gasteiger partial charge is 0.475 e. The molecule has 2 aromatic rings. The highest BCUT2D eigenvalue weighted by atomic mass is 32.2. The lowest BCUT2D eigenvalue weighted by molar-refractivity contribution is -0.193. The Balaban J connectivity index is 0.000000497. The maximum atomic E-state index is 12.9. The van der Waals surface area contributed by atoms with Crippen molar-refractivity contribution in [1.29, 1.82) is 0 Å². The molecule has 0 atom stereocenters. The molecule has 0 fully saturated rings. The number of hydrogen-bond donors (Lipinski definition) is 3. The van der Waals surface area contributed by atoms with Crippen LogP contribution in [0.3, 0.4) is 0 Å². The number of aromatic nitrogens is 2. The summed E-state index contributed by atoms with van der Waals surface area (Å²) in [4.78, 5) is 40.6. The van der Waals surface area contributed by atoms with Crippen molar-refractivity contribution in [2.24, 2.45) is 0 Å². The second-order valence-corrected chi connectivity index (χ2v) is 10.1. The van der Waals surface area contributed by atoms with Gasteiger partial charge in [-0.3, -0.25) is 9.78 Å². The summed E-state index contributed by atoms with van der Waals surface area (Å²) in [6, 6.07) is 4.99. The zero-order valence-corrected chi connectivity index (χ0v) is 22.4. The van der Waals surface area contributed by atoms with Crippen LogP contribution in [0.2, 0.25) is 0 Å². The van der Waals surface area contributed by atoms with Crippen LogP contribution in [0.15, 0.2) is 35.5 Å². The number of carbonyl (C=O) groups is 3. The number of carbonyl (C=O) groups excluding carboxylic acids is 1. The van der Waals surface area contributed by atoms with Crippen LogP contribution in [-0.4, -0.2) is 97.3 Å². The second kappa shape index (κ2) is 14.1. The van der Waals surface area contributed by atoms with Gasteiger partial charge in [0.25, 0.3) is 5.91 Å². The molecule has 41 heavy (non-hydrogen) atoms. The number of aliphatic carboxylic acids is 2. The SMILES string of the molecule is CNC(=O)c1cc2c(nc1N(C)C)CCN(S(=O)(=O)c1cccnc1)CC2.O=C(O)C(F)(F)F.O=C(O)C(F)(F)F. The molecule has 2 aromatic heterocycles. The van der Waals surface area contributed by atoms with Gasteiger partial charge in [0.1, 0.15) is 10.7 Å². The van der Waals surface area contributed by atoms with Crippen LogP contribution < -0.4 is 10.2 Å². The molecule has 0 spiro atoms. The first-order valence-electron chi connectivity index (χ1n) is 11.2. The van der Waals surface area contributed by atoms with E-state index in [-0.39, 0.29) is 10.8 Å². The van der Waals surface area contributed by atoms with E-state index in [0.29, 0.717) is 37.3 Å². The van der Waals surface area contributed by atoms with Crippen molar-refractivity contribution in [2.45, 2.75) is 30.1 Å². The van der Waals surface area contributed by atoms with Gasteiger partial charge in [0.15, 0.2) is 0 Å². The number of sulfonamides is 1. The zero-order valence-electron chi connectivity index (χ0n) is 21.6. The van der Waals surface area contributed by atoms with E-state index >= 15 is 0 Å². The lowest BCUT2D eigenvalue weighted by atomic mass is 10.0. The Morgan fingerprint density at radius 1 is 1.00 bits per heavy atom. The number of alkyl halides is 6. The average Bonchev–Trinajstić information content (AvgIpc) is 3.10. The summed E-state index contributed by atoms with van der Waals surface area (Å²) in [7, 11) is 1.63. The molecule has 228 valence electrons. The first-order valence-corrected chi connectivity index (χ1v) is 12.6. The number of anilines is 1. The van der Waals surface area contributed by atoms with E-state index in [2.05, 4.69) is 15.3 Å². The number of hydrogen-bond acceptors (Lipinski definition) is 8. The lowest BCUT2D eigenvalue weighted by Crippen LogP contribution is -2.33. The first-order chi connectivity index (χ1) is 18.7. The highest BCUT2D eigenvalue weighted by molar-refractivity contribution is 7.89. The molecule has 1 aliphatic rings. The molecule has 0 radical (unpaired) electrons. The van der Waals surface area contributed by atoms with E-state index in [1.165, 1.54) is 10.5 Å². The molecular formula is C22H25F6N5O7S. The van der Waals surface area contributed by atoms with Gasteiger partial charge >= 0.3 is 24.3 Å². The molecule has 0 aromatic carbocycles. The molecule has 3 rings (SSSR count).